The van der Waals surface area contributed by atoms with Crippen LogP contribution < -0.4 is 10.5 Å². The Balaban J connectivity index is 2.23. The molecule has 1 aromatic rings. The third kappa shape index (κ3) is 4.00. The molecule has 118 valence electrons. The van der Waals surface area contributed by atoms with E-state index < -0.39 is 0 Å². The highest BCUT2D eigenvalue weighted by Crippen LogP contribution is 2.41. The maximum Gasteiger partial charge on any atom is 0.124 e. The van der Waals surface area contributed by atoms with Crippen molar-refractivity contribution in [1.82, 2.24) is 0 Å². The predicted molar refractivity (Wildman–Crippen MR) is 89.5 cm³/mol. The Labute approximate surface area is 130 Å². The van der Waals surface area contributed by atoms with E-state index in [-0.39, 0.29) is 11.6 Å². The van der Waals surface area contributed by atoms with Crippen LogP contribution in [0, 0.1) is 11.8 Å². The van der Waals surface area contributed by atoms with Crippen molar-refractivity contribution in [1.29, 1.82) is 0 Å². The van der Waals surface area contributed by atoms with Crippen LogP contribution in [0.2, 0.25) is 0 Å². The molecule has 2 nitrogen and oxygen atoms in total. The summed E-state index contributed by atoms with van der Waals surface area (Å²) in [6, 6.07) is 8.35. The quantitative estimate of drug-likeness (QED) is 0.803. The summed E-state index contributed by atoms with van der Waals surface area (Å²) in [5, 5.41) is 0. The summed E-state index contributed by atoms with van der Waals surface area (Å²) in [5.74, 6) is 2.54. The van der Waals surface area contributed by atoms with E-state index in [1.807, 2.05) is 6.07 Å². The topological polar surface area (TPSA) is 35.2 Å². The van der Waals surface area contributed by atoms with Crippen molar-refractivity contribution in [2.45, 2.75) is 71.4 Å². The van der Waals surface area contributed by atoms with Gasteiger partial charge in [0.1, 0.15) is 5.75 Å². The fraction of sp³-hybridized carbons (Fsp3) is 0.684. The fourth-order valence-electron chi connectivity index (χ4n) is 3.56. The number of para-hydroxylation sites is 1. The van der Waals surface area contributed by atoms with Gasteiger partial charge in [0.25, 0.3) is 0 Å². The zero-order valence-corrected chi connectivity index (χ0v) is 14.1. The second kappa shape index (κ2) is 6.83. The lowest BCUT2D eigenvalue weighted by atomic mass is 9.82. The Morgan fingerprint density at radius 2 is 1.81 bits per heavy atom. The van der Waals surface area contributed by atoms with Crippen molar-refractivity contribution in [3.05, 3.63) is 29.8 Å². The van der Waals surface area contributed by atoms with Crippen molar-refractivity contribution in [2.24, 2.45) is 17.6 Å². The van der Waals surface area contributed by atoms with Gasteiger partial charge in [-0.25, -0.2) is 0 Å². The minimum atomic E-state index is -0.227. The summed E-state index contributed by atoms with van der Waals surface area (Å²) in [6.45, 7) is 8.82. The number of hydrogen-bond acceptors (Lipinski definition) is 2. The summed E-state index contributed by atoms with van der Waals surface area (Å²) >= 11 is 0. The first kappa shape index (κ1) is 16.4. The molecule has 0 aromatic heterocycles. The standard InChI is InChI=1S/C19H31NO/c1-14(2)16-8-7-12-19(20,13-11-16)17-9-5-6-10-18(17)21-15(3)4/h5-6,9-10,14-16H,7-8,11-13,20H2,1-4H3. The predicted octanol–water partition coefficient (Wildman–Crippen LogP) is 4.86. The average molecular weight is 289 g/mol. The van der Waals surface area contributed by atoms with Gasteiger partial charge < -0.3 is 10.5 Å². The smallest absolute Gasteiger partial charge is 0.124 e. The minimum absolute atomic E-state index is 0.184. The summed E-state index contributed by atoms with van der Waals surface area (Å²) < 4.78 is 6.00. The van der Waals surface area contributed by atoms with E-state index in [1.165, 1.54) is 24.8 Å². The monoisotopic (exact) mass is 289 g/mol. The van der Waals surface area contributed by atoms with Gasteiger partial charge >= 0.3 is 0 Å². The van der Waals surface area contributed by atoms with E-state index in [9.17, 15) is 0 Å². The van der Waals surface area contributed by atoms with Gasteiger partial charge in [-0.3, -0.25) is 0 Å². The molecule has 2 rings (SSSR count). The number of rotatable bonds is 4. The van der Waals surface area contributed by atoms with E-state index in [1.54, 1.807) is 0 Å². The van der Waals surface area contributed by atoms with Crippen LogP contribution in [0.15, 0.2) is 24.3 Å². The molecule has 2 heteroatoms. The molecule has 2 atom stereocenters. The number of benzene rings is 1. The molecule has 2 N–H and O–H groups in total. The van der Waals surface area contributed by atoms with Crippen molar-refractivity contribution >= 4 is 0 Å². The molecule has 0 aliphatic heterocycles. The molecule has 1 aliphatic carbocycles. The zero-order chi connectivity index (χ0) is 15.5. The van der Waals surface area contributed by atoms with Crippen molar-refractivity contribution in [3.63, 3.8) is 0 Å². The second-order valence-corrected chi connectivity index (χ2v) is 7.25. The largest absolute Gasteiger partial charge is 0.491 e. The highest BCUT2D eigenvalue weighted by molar-refractivity contribution is 5.39. The molecular weight excluding hydrogens is 258 g/mol. The lowest BCUT2D eigenvalue weighted by Crippen LogP contribution is -2.36. The van der Waals surface area contributed by atoms with Crippen LogP contribution in [-0.2, 0) is 5.54 Å². The van der Waals surface area contributed by atoms with Crippen LogP contribution in [0.1, 0.15) is 65.4 Å². The average Bonchev–Trinajstić information content (AvgIpc) is 2.61. The van der Waals surface area contributed by atoms with Crippen LogP contribution in [0.25, 0.3) is 0 Å². The molecular formula is C19H31NO. The molecule has 0 radical (unpaired) electrons. The van der Waals surface area contributed by atoms with Gasteiger partial charge in [-0.05, 0) is 51.0 Å². The van der Waals surface area contributed by atoms with Gasteiger partial charge in [-0.2, -0.15) is 0 Å². The van der Waals surface area contributed by atoms with Gasteiger partial charge in [0.15, 0.2) is 0 Å². The first-order valence-electron chi connectivity index (χ1n) is 8.47. The van der Waals surface area contributed by atoms with Crippen molar-refractivity contribution in [3.8, 4) is 5.75 Å². The SMILES string of the molecule is CC(C)Oc1ccccc1C1(N)CCCC(C(C)C)CC1. The summed E-state index contributed by atoms with van der Waals surface area (Å²) in [5.41, 5.74) is 7.81. The van der Waals surface area contributed by atoms with Gasteiger partial charge in [-0.15, -0.1) is 0 Å². The highest BCUT2D eigenvalue weighted by Gasteiger charge is 2.34. The first-order valence-corrected chi connectivity index (χ1v) is 8.47. The van der Waals surface area contributed by atoms with Gasteiger partial charge in [0.05, 0.1) is 6.10 Å². The Morgan fingerprint density at radius 1 is 1.10 bits per heavy atom. The Kier molecular flexibility index (Phi) is 5.32. The van der Waals surface area contributed by atoms with Crippen LogP contribution >= 0.6 is 0 Å². The maximum atomic E-state index is 6.84. The molecule has 0 heterocycles. The van der Waals surface area contributed by atoms with Gasteiger partial charge in [0, 0.05) is 11.1 Å². The molecule has 21 heavy (non-hydrogen) atoms. The molecule has 2 unspecified atom stereocenters. The molecule has 1 aliphatic rings. The maximum absolute atomic E-state index is 6.84. The van der Waals surface area contributed by atoms with Crippen LogP contribution in [0.3, 0.4) is 0 Å². The molecule has 0 saturated heterocycles. The van der Waals surface area contributed by atoms with E-state index in [0.717, 1.165) is 30.4 Å². The van der Waals surface area contributed by atoms with Crippen molar-refractivity contribution in [2.75, 3.05) is 0 Å². The Bertz CT molecular complexity index is 455. The number of ether oxygens (including phenoxy) is 1. The number of hydrogen-bond donors (Lipinski definition) is 1. The van der Waals surface area contributed by atoms with E-state index in [2.05, 4.69) is 45.9 Å². The van der Waals surface area contributed by atoms with Gasteiger partial charge in [-0.1, -0.05) is 44.9 Å². The molecule has 0 spiro atoms. The third-order valence-corrected chi connectivity index (χ3v) is 4.89. The van der Waals surface area contributed by atoms with E-state index >= 15 is 0 Å². The Hall–Kier alpha value is -1.02. The zero-order valence-electron chi connectivity index (χ0n) is 14.1. The lowest BCUT2D eigenvalue weighted by molar-refractivity contribution is 0.231. The molecule has 1 saturated carbocycles. The summed E-state index contributed by atoms with van der Waals surface area (Å²) in [6.07, 6.45) is 6.07. The molecule has 1 fully saturated rings. The normalized spacial score (nSPS) is 26.9. The first-order chi connectivity index (χ1) is 9.92. The molecule has 1 aromatic carbocycles. The van der Waals surface area contributed by atoms with Crippen LogP contribution in [0.5, 0.6) is 5.75 Å². The Morgan fingerprint density at radius 3 is 2.48 bits per heavy atom. The third-order valence-electron chi connectivity index (χ3n) is 4.89. The highest BCUT2D eigenvalue weighted by atomic mass is 16.5. The molecule has 0 bridgehead atoms. The van der Waals surface area contributed by atoms with E-state index in [4.69, 9.17) is 10.5 Å². The lowest BCUT2D eigenvalue weighted by Gasteiger charge is -2.31. The second-order valence-electron chi connectivity index (χ2n) is 7.25. The fourth-order valence-corrected chi connectivity index (χ4v) is 3.56. The van der Waals surface area contributed by atoms with E-state index in [0.29, 0.717) is 0 Å². The van der Waals surface area contributed by atoms with Gasteiger partial charge in [0.2, 0.25) is 0 Å². The number of nitrogens with two attached hydrogens (primary N) is 1. The van der Waals surface area contributed by atoms with Crippen LogP contribution in [0.4, 0.5) is 0 Å². The van der Waals surface area contributed by atoms with Crippen molar-refractivity contribution < 1.29 is 4.74 Å². The summed E-state index contributed by atoms with van der Waals surface area (Å²) in [4.78, 5) is 0. The minimum Gasteiger partial charge on any atom is -0.491 e. The van der Waals surface area contributed by atoms with Crippen LogP contribution in [-0.4, -0.2) is 6.10 Å². The summed E-state index contributed by atoms with van der Waals surface area (Å²) in [7, 11) is 0. The molecule has 0 amide bonds.